The second-order valence-electron chi connectivity index (χ2n) is 13.7. The Hall–Kier alpha value is -4.99. The van der Waals surface area contributed by atoms with Crippen LogP contribution in [0.5, 0.6) is 0 Å². The fourth-order valence-corrected chi connectivity index (χ4v) is 10.1. The van der Waals surface area contributed by atoms with Gasteiger partial charge in [0.25, 0.3) is 17.5 Å². The number of halogens is 2. The van der Waals surface area contributed by atoms with E-state index in [9.17, 15) is 29.3 Å². The number of hydrogen-bond acceptors (Lipinski definition) is 10. The number of carbonyl (C=O) groups excluding carboxylic acids is 4. The van der Waals surface area contributed by atoms with Crippen molar-refractivity contribution in [3.05, 3.63) is 115 Å². The number of thiazole rings is 1. The van der Waals surface area contributed by atoms with Gasteiger partial charge in [0.1, 0.15) is 5.57 Å². The molecule has 11 nitrogen and oxygen atoms in total. The van der Waals surface area contributed by atoms with Crippen LogP contribution in [0.15, 0.2) is 87.6 Å². The summed E-state index contributed by atoms with van der Waals surface area (Å²) in [5, 5.41) is 13.1. The summed E-state index contributed by atoms with van der Waals surface area (Å²) in [5.41, 5.74) is 2.97. The minimum atomic E-state index is -0.736. The predicted molar refractivity (Wildman–Crippen MR) is 223 cm³/mol. The summed E-state index contributed by atoms with van der Waals surface area (Å²) < 4.78 is 1.22. The summed E-state index contributed by atoms with van der Waals surface area (Å²) in [6.45, 7) is 3.62. The zero-order chi connectivity index (χ0) is 39.6. The predicted octanol–water partition coefficient (Wildman–Crippen LogP) is 9.71. The summed E-state index contributed by atoms with van der Waals surface area (Å²) in [7, 11) is 0. The molecule has 0 unspecified atom stereocenters. The molecule has 282 valence electrons. The standard InChI is InChI=1S/C40H29Cl2N5O6S3/c1-20-7-10-23(17-29(20)41)45-37(50)28(38(51)46(40(45)54)24-11-8-21(2)30(42)18-24)15-22-9-14-33(32(16-22)47(52)53)55-39-43-31-13-12-25(19-34(31)56-39)44-35(48)26-5-3-4-6-27(26)36(44)49/h7-19,26-27H,3-6H2,1-2H3/t26-,27+. The minimum absolute atomic E-state index is 0.116. The van der Waals surface area contributed by atoms with Crippen LogP contribution in [0.25, 0.3) is 16.3 Å². The first-order valence-electron chi connectivity index (χ1n) is 17.5. The number of aromatic nitrogens is 1. The molecule has 2 saturated heterocycles. The maximum absolute atomic E-state index is 14.1. The number of aryl methyl sites for hydroxylation is 2. The molecule has 3 fully saturated rings. The number of anilines is 3. The van der Waals surface area contributed by atoms with Gasteiger partial charge in [0, 0.05) is 16.1 Å². The van der Waals surface area contributed by atoms with E-state index in [-0.39, 0.29) is 50.5 Å². The van der Waals surface area contributed by atoms with Crippen molar-refractivity contribution in [3.63, 3.8) is 0 Å². The maximum Gasteiger partial charge on any atom is 0.283 e. The second-order valence-corrected chi connectivity index (χ2v) is 17.2. The Morgan fingerprint density at radius 2 is 1.36 bits per heavy atom. The Morgan fingerprint density at radius 1 is 0.804 bits per heavy atom. The molecule has 0 spiro atoms. The Kier molecular flexibility index (Phi) is 10.0. The normalized spacial score (nSPS) is 18.7. The van der Waals surface area contributed by atoms with Gasteiger partial charge in [-0.25, -0.2) is 4.98 Å². The van der Waals surface area contributed by atoms with Crippen LogP contribution in [0.2, 0.25) is 10.0 Å². The zero-order valence-corrected chi connectivity index (χ0v) is 33.6. The first kappa shape index (κ1) is 37.9. The molecule has 0 radical (unpaired) electrons. The number of fused-ring (bicyclic) bond motifs is 2. The number of amides is 4. The van der Waals surface area contributed by atoms with E-state index in [1.165, 1.54) is 44.2 Å². The van der Waals surface area contributed by atoms with Gasteiger partial charge in [0.05, 0.1) is 48.9 Å². The van der Waals surface area contributed by atoms with Gasteiger partial charge in [-0.3, -0.25) is 44.0 Å². The molecule has 4 aromatic carbocycles. The minimum Gasteiger partial charge on any atom is -0.274 e. The third-order valence-electron chi connectivity index (χ3n) is 10.2. The number of nitro groups is 1. The van der Waals surface area contributed by atoms with Crippen molar-refractivity contribution in [2.24, 2.45) is 11.8 Å². The fourth-order valence-electron chi connectivity index (χ4n) is 7.23. The summed E-state index contributed by atoms with van der Waals surface area (Å²) in [6, 6.07) is 19.5. The molecule has 1 aromatic heterocycles. The lowest BCUT2D eigenvalue weighted by molar-refractivity contribution is -0.387. The van der Waals surface area contributed by atoms with Crippen molar-refractivity contribution < 1.29 is 24.1 Å². The van der Waals surface area contributed by atoms with Crippen LogP contribution in [-0.2, 0) is 19.2 Å². The van der Waals surface area contributed by atoms with Gasteiger partial charge in [-0.15, -0.1) is 11.3 Å². The first-order valence-corrected chi connectivity index (χ1v) is 20.3. The summed E-state index contributed by atoms with van der Waals surface area (Å²) in [5.74, 6) is -2.35. The summed E-state index contributed by atoms with van der Waals surface area (Å²) in [6.07, 6.45) is 4.60. The van der Waals surface area contributed by atoms with Crippen molar-refractivity contribution in [2.45, 2.75) is 48.8 Å². The molecule has 16 heteroatoms. The van der Waals surface area contributed by atoms with Gasteiger partial charge in [0.2, 0.25) is 11.8 Å². The van der Waals surface area contributed by atoms with E-state index in [2.05, 4.69) is 4.98 Å². The molecule has 2 atom stereocenters. The highest BCUT2D eigenvalue weighted by molar-refractivity contribution is 8.01. The lowest BCUT2D eigenvalue weighted by atomic mass is 9.81. The van der Waals surface area contributed by atoms with E-state index >= 15 is 0 Å². The van der Waals surface area contributed by atoms with Gasteiger partial charge in [-0.2, -0.15) is 0 Å². The first-order chi connectivity index (χ1) is 26.8. The highest BCUT2D eigenvalue weighted by Crippen LogP contribution is 2.43. The molecule has 8 rings (SSSR count). The van der Waals surface area contributed by atoms with Gasteiger partial charge < -0.3 is 0 Å². The van der Waals surface area contributed by atoms with Crippen LogP contribution in [-0.4, -0.2) is 38.6 Å². The van der Waals surface area contributed by atoms with Crippen LogP contribution in [0.1, 0.15) is 42.4 Å². The molecule has 2 aliphatic heterocycles. The number of benzene rings is 4. The number of imide groups is 1. The van der Waals surface area contributed by atoms with Gasteiger partial charge in [0.15, 0.2) is 9.45 Å². The van der Waals surface area contributed by atoms with E-state index in [4.69, 9.17) is 35.4 Å². The van der Waals surface area contributed by atoms with Crippen LogP contribution >= 0.6 is 58.5 Å². The highest BCUT2D eigenvalue weighted by atomic mass is 35.5. The van der Waals surface area contributed by atoms with Crippen molar-refractivity contribution in [1.29, 1.82) is 0 Å². The number of rotatable bonds is 7. The fraction of sp³-hybridized carbons (Fsp3) is 0.200. The number of nitrogens with zero attached hydrogens (tertiary/aromatic N) is 5. The molecule has 5 aromatic rings. The molecule has 0 bridgehead atoms. The summed E-state index contributed by atoms with van der Waals surface area (Å²) >= 11 is 21.0. The third kappa shape index (κ3) is 6.68. The number of thiocarbonyl (C=S) groups is 1. The summed E-state index contributed by atoms with van der Waals surface area (Å²) in [4.78, 5) is 75.2. The Labute approximate surface area is 344 Å². The zero-order valence-electron chi connectivity index (χ0n) is 29.7. The van der Waals surface area contributed by atoms with E-state index in [1.807, 2.05) is 13.8 Å². The highest BCUT2D eigenvalue weighted by Gasteiger charge is 2.49. The molecule has 1 aliphatic carbocycles. The maximum atomic E-state index is 14.1. The number of nitro benzene ring substituents is 1. The van der Waals surface area contributed by atoms with Crippen LogP contribution in [0.3, 0.4) is 0 Å². The smallest absolute Gasteiger partial charge is 0.274 e. The molecular formula is C40H29Cl2N5O6S3. The second kappa shape index (κ2) is 14.8. The van der Waals surface area contributed by atoms with Crippen molar-refractivity contribution in [3.8, 4) is 0 Å². The Morgan fingerprint density at radius 3 is 1.91 bits per heavy atom. The topological polar surface area (TPSA) is 134 Å². The van der Waals surface area contributed by atoms with E-state index in [0.29, 0.717) is 49.8 Å². The lowest BCUT2D eigenvalue weighted by Gasteiger charge is -2.36. The van der Waals surface area contributed by atoms with Gasteiger partial charge in [-0.1, -0.05) is 66.0 Å². The van der Waals surface area contributed by atoms with Crippen molar-refractivity contribution >= 4 is 126 Å². The van der Waals surface area contributed by atoms with E-state index in [0.717, 1.165) is 40.4 Å². The average molecular weight is 843 g/mol. The SMILES string of the molecule is Cc1ccc(N2C(=O)C(=Cc3ccc(Sc4nc5ccc(N6C(=O)[C@H]7CCCC[C@H]7C6=O)cc5s4)c([N+](=O)[O-])c3)C(=O)N(c3ccc(C)c(Cl)c3)C2=S)cc1Cl. The van der Waals surface area contributed by atoms with Crippen molar-refractivity contribution in [2.75, 3.05) is 14.7 Å². The molecule has 0 N–H and O–H groups in total. The molecule has 4 amide bonds. The molecule has 56 heavy (non-hydrogen) atoms. The average Bonchev–Trinajstić information content (AvgIpc) is 3.69. The Bertz CT molecular complexity index is 2510. The number of hydrogen-bond donors (Lipinski definition) is 0. The molecule has 3 heterocycles. The molecular weight excluding hydrogens is 814 g/mol. The Balaban J connectivity index is 1.12. The third-order valence-corrected chi connectivity index (χ3v) is 13.5. The van der Waals surface area contributed by atoms with E-state index in [1.54, 1.807) is 60.7 Å². The van der Waals surface area contributed by atoms with E-state index < -0.39 is 16.7 Å². The monoisotopic (exact) mass is 841 g/mol. The van der Waals surface area contributed by atoms with Gasteiger partial charge >= 0.3 is 0 Å². The number of carbonyl (C=O) groups is 4. The molecule has 3 aliphatic rings. The van der Waals surface area contributed by atoms with Gasteiger partial charge in [-0.05, 0) is 110 Å². The lowest BCUT2D eigenvalue weighted by Crippen LogP contribution is -2.57. The quantitative estimate of drug-likeness (QED) is 0.0392. The van der Waals surface area contributed by atoms with Crippen LogP contribution < -0.4 is 14.7 Å². The van der Waals surface area contributed by atoms with Crippen molar-refractivity contribution in [1.82, 2.24) is 4.98 Å². The van der Waals surface area contributed by atoms with Crippen LogP contribution in [0.4, 0.5) is 22.7 Å². The largest absolute Gasteiger partial charge is 0.283 e. The molecule has 1 saturated carbocycles. The van der Waals surface area contributed by atoms with Crippen LogP contribution in [0, 0.1) is 35.8 Å².